The maximum Gasteiger partial charge on any atom is 0.408 e. The molecule has 0 aliphatic carbocycles. The van der Waals surface area contributed by atoms with Crippen molar-refractivity contribution in [3.8, 4) is 0 Å². The Bertz CT molecular complexity index is 719. The molecule has 1 amide bonds. The zero-order chi connectivity index (χ0) is 18.0. The molecular formula is C14H17F3N2O4S. The molecule has 6 nitrogen and oxygen atoms in total. The van der Waals surface area contributed by atoms with Crippen molar-refractivity contribution in [2.75, 3.05) is 20.3 Å². The van der Waals surface area contributed by atoms with Crippen LogP contribution in [0, 0.1) is 0 Å². The molecule has 1 aliphatic heterocycles. The summed E-state index contributed by atoms with van der Waals surface area (Å²) in [6.45, 7) is 0.531. The first kappa shape index (κ1) is 18.7. The summed E-state index contributed by atoms with van der Waals surface area (Å²) in [4.78, 5) is 11.7. The maximum absolute atomic E-state index is 12.7. The lowest BCUT2D eigenvalue weighted by molar-refractivity contribution is -0.153. The van der Waals surface area contributed by atoms with Gasteiger partial charge in [0.2, 0.25) is 10.0 Å². The molecule has 24 heavy (non-hydrogen) atoms. The van der Waals surface area contributed by atoms with Gasteiger partial charge in [0.25, 0.3) is 5.91 Å². The number of benzene rings is 1. The molecule has 10 heteroatoms. The lowest BCUT2D eigenvalue weighted by Crippen LogP contribution is -2.50. The molecule has 134 valence electrons. The van der Waals surface area contributed by atoms with E-state index in [4.69, 9.17) is 4.74 Å². The number of carbonyl (C=O) groups excluding carboxylic acids is 1. The molecule has 2 rings (SSSR count). The Morgan fingerprint density at radius 2 is 2.08 bits per heavy atom. The first-order valence-electron chi connectivity index (χ1n) is 7.14. The van der Waals surface area contributed by atoms with E-state index in [1.54, 1.807) is 0 Å². The van der Waals surface area contributed by atoms with E-state index in [1.165, 1.54) is 19.2 Å². The maximum atomic E-state index is 12.7. The first-order valence-corrected chi connectivity index (χ1v) is 8.62. The van der Waals surface area contributed by atoms with Gasteiger partial charge in [-0.3, -0.25) is 4.79 Å². The van der Waals surface area contributed by atoms with E-state index in [0.717, 1.165) is 6.07 Å². The van der Waals surface area contributed by atoms with Crippen molar-refractivity contribution in [1.82, 2.24) is 10.0 Å². The summed E-state index contributed by atoms with van der Waals surface area (Å²) in [7, 11) is -2.36. The quantitative estimate of drug-likeness (QED) is 0.742. The Hall–Kier alpha value is -1.65. The van der Waals surface area contributed by atoms with Crippen LogP contribution in [0.15, 0.2) is 23.1 Å². The van der Waals surface area contributed by atoms with E-state index in [1.807, 2.05) is 5.32 Å². The van der Waals surface area contributed by atoms with Crippen molar-refractivity contribution >= 4 is 15.9 Å². The summed E-state index contributed by atoms with van der Waals surface area (Å²) >= 11 is 0. The second-order valence-corrected chi connectivity index (χ2v) is 7.10. The van der Waals surface area contributed by atoms with Crippen LogP contribution in [-0.2, 0) is 21.2 Å². The number of nitrogens with one attached hydrogen (secondary N) is 2. The number of halogens is 3. The van der Waals surface area contributed by atoms with Gasteiger partial charge in [-0.1, -0.05) is 6.07 Å². The lowest BCUT2D eigenvalue weighted by atomic mass is 9.95. The highest BCUT2D eigenvalue weighted by Gasteiger charge is 2.43. The van der Waals surface area contributed by atoms with E-state index in [2.05, 4.69) is 4.72 Å². The highest BCUT2D eigenvalue weighted by Crippen LogP contribution is 2.29. The second-order valence-electron chi connectivity index (χ2n) is 5.33. The summed E-state index contributed by atoms with van der Waals surface area (Å²) in [5, 5.41) is 1.86. The Morgan fingerprint density at radius 1 is 1.38 bits per heavy atom. The summed E-state index contributed by atoms with van der Waals surface area (Å²) in [6.07, 6.45) is -4.51. The minimum absolute atomic E-state index is 0.0599. The molecule has 1 aliphatic rings. The zero-order valence-electron chi connectivity index (χ0n) is 12.8. The fourth-order valence-electron chi connectivity index (χ4n) is 2.32. The average molecular weight is 366 g/mol. The molecule has 0 aromatic heterocycles. The van der Waals surface area contributed by atoms with Crippen LogP contribution in [0.3, 0.4) is 0 Å². The number of alkyl halides is 3. The average Bonchev–Trinajstić information content (AvgIpc) is 2.50. The number of hydrogen-bond donors (Lipinski definition) is 2. The lowest BCUT2D eigenvalue weighted by Gasteiger charge is -2.27. The molecule has 1 aromatic carbocycles. The third-order valence-electron chi connectivity index (χ3n) is 3.58. The van der Waals surface area contributed by atoms with E-state index in [0.29, 0.717) is 13.0 Å². The molecule has 2 N–H and O–H groups in total. The largest absolute Gasteiger partial charge is 0.408 e. The number of methoxy groups -OCH3 is 1. The number of ether oxygens (including phenoxy) is 1. The summed E-state index contributed by atoms with van der Waals surface area (Å²) < 4.78 is 69.7. The topological polar surface area (TPSA) is 84.5 Å². The van der Waals surface area contributed by atoms with E-state index in [-0.39, 0.29) is 22.6 Å². The van der Waals surface area contributed by atoms with Crippen molar-refractivity contribution < 1.29 is 31.1 Å². The number of amides is 1. The van der Waals surface area contributed by atoms with Crippen LogP contribution in [0.25, 0.3) is 0 Å². The van der Waals surface area contributed by atoms with Gasteiger partial charge in [-0.25, -0.2) is 13.1 Å². The fourth-order valence-corrected chi connectivity index (χ4v) is 3.42. The Balaban J connectivity index is 2.20. The third kappa shape index (κ3) is 4.25. The molecule has 0 saturated carbocycles. The smallest absolute Gasteiger partial charge is 0.385 e. The van der Waals surface area contributed by atoms with Crippen molar-refractivity contribution in [3.05, 3.63) is 29.3 Å². The van der Waals surface area contributed by atoms with Gasteiger partial charge in [0.1, 0.15) is 6.04 Å². The molecule has 0 saturated heterocycles. The summed E-state index contributed by atoms with van der Waals surface area (Å²) in [5.41, 5.74) is 0.106. The summed E-state index contributed by atoms with van der Waals surface area (Å²) in [6, 6.07) is 1.57. The Morgan fingerprint density at radius 3 is 2.71 bits per heavy atom. The molecule has 1 unspecified atom stereocenters. The van der Waals surface area contributed by atoms with Crippen LogP contribution in [-0.4, -0.2) is 46.8 Å². The molecule has 1 heterocycles. The van der Waals surface area contributed by atoms with Gasteiger partial charge in [-0.2, -0.15) is 13.2 Å². The summed E-state index contributed by atoms with van der Waals surface area (Å²) in [5.74, 6) is -0.935. The van der Waals surface area contributed by atoms with Crippen molar-refractivity contribution in [2.45, 2.75) is 30.0 Å². The van der Waals surface area contributed by atoms with Crippen LogP contribution < -0.4 is 10.0 Å². The van der Waals surface area contributed by atoms with E-state index >= 15 is 0 Å². The highest BCUT2D eigenvalue weighted by molar-refractivity contribution is 7.89. The number of carbonyl (C=O) groups is 1. The molecule has 1 atom stereocenters. The van der Waals surface area contributed by atoms with Crippen molar-refractivity contribution in [3.63, 3.8) is 0 Å². The standard InChI is InChI=1S/C14H17F3N2O4S/c1-23-6-2-5-18-24(21,22)10-4-3-9-7-12(14(15,16)17)19-13(20)11(9)8-10/h3-4,8,12,18H,2,5-7H2,1H3,(H,19,20). The van der Waals surface area contributed by atoms with Crippen LogP contribution in [0.5, 0.6) is 0 Å². The van der Waals surface area contributed by atoms with Crippen LogP contribution in [0.1, 0.15) is 22.3 Å². The van der Waals surface area contributed by atoms with Crippen molar-refractivity contribution in [2.24, 2.45) is 0 Å². The second kappa shape index (κ2) is 7.08. The molecule has 1 aromatic rings. The molecule has 0 radical (unpaired) electrons. The normalized spacial score (nSPS) is 18.2. The van der Waals surface area contributed by atoms with Crippen LogP contribution >= 0.6 is 0 Å². The minimum atomic E-state index is -4.55. The van der Waals surface area contributed by atoms with Gasteiger partial charge in [-0.15, -0.1) is 0 Å². The predicted octanol–water partition coefficient (Wildman–Crippen LogP) is 1.22. The predicted molar refractivity (Wildman–Crippen MR) is 79.1 cm³/mol. The SMILES string of the molecule is COCCCNS(=O)(=O)c1ccc2c(c1)C(=O)NC(C(F)(F)F)C2. The number of hydrogen-bond acceptors (Lipinski definition) is 4. The molecule has 0 spiro atoms. The van der Waals surface area contributed by atoms with Crippen molar-refractivity contribution in [1.29, 1.82) is 0 Å². The molecule has 0 fully saturated rings. The minimum Gasteiger partial charge on any atom is -0.385 e. The highest BCUT2D eigenvalue weighted by atomic mass is 32.2. The van der Waals surface area contributed by atoms with E-state index in [9.17, 15) is 26.4 Å². The van der Waals surface area contributed by atoms with Gasteiger partial charge in [0.05, 0.1) is 4.90 Å². The van der Waals surface area contributed by atoms with Crippen LogP contribution in [0.2, 0.25) is 0 Å². The first-order chi connectivity index (χ1) is 11.1. The number of sulfonamides is 1. The zero-order valence-corrected chi connectivity index (χ0v) is 13.6. The van der Waals surface area contributed by atoms with Gasteiger partial charge in [-0.05, 0) is 24.1 Å². The van der Waals surface area contributed by atoms with Gasteiger partial charge >= 0.3 is 6.18 Å². The molecular weight excluding hydrogens is 349 g/mol. The van der Waals surface area contributed by atoms with Gasteiger partial charge < -0.3 is 10.1 Å². The fraction of sp³-hybridized carbons (Fsp3) is 0.500. The number of fused-ring (bicyclic) bond motifs is 1. The third-order valence-corrected chi connectivity index (χ3v) is 5.04. The van der Waals surface area contributed by atoms with E-state index < -0.39 is 34.6 Å². The Kier molecular flexibility index (Phi) is 5.51. The van der Waals surface area contributed by atoms with Gasteiger partial charge in [0, 0.05) is 32.2 Å². The van der Waals surface area contributed by atoms with Gasteiger partial charge in [0.15, 0.2) is 0 Å². The Labute approximate surface area is 137 Å². The monoisotopic (exact) mass is 366 g/mol. The molecule has 0 bridgehead atoms. The number of rotatable bonds is 6. The van der Waals surface area contributed by atoms with Crippen LogP contribution in [0.4, 0.5) is 13.2 Å².